The van der Waals surface area contributed by atoms with Crippen LogP contribution in [-0.2, 0) is 4.79 Å². The SMILES string of the molecule is Cc1cc2nc(NC3CCN(C(=O)C(C)C)CC3)c3ccccc3n2n1. The molecule has 6 nitrogen and oxygen atoms in total. The van der Waals surface area contributed by atoms with Crippen LogP contribution >= 0.6 is 0 Å². The number of carbonyl (C=O) groups is 1. The first-order valence-corrected chi connectivity index (χ1v) is 9.33. The average molecular weight is 351 g/mol. The summed E-state index contributed by atoms with van der Waals surface area (Å²) in [6.45, 7) is 7.52. The number of amides is 1. The summed E-state index contributed by atoms with van der Waals surface area (Å²) in [4.78, 5) is 19.0. The normalized spacial score (nSPS) is 15.9. The van der Waals surface area contributed by atoms with Gasteiger partial charge in [-0.2, -0.15) is 5.10 Å². The number of aryl methyl sites for hydroxylation is 1. The van der Waals surface area contributed by atoms with Gasteiger partial charge in [-0.15, -0.1) is 0 Å². The lowest BCUT2D eigenvalue weighted by atomic mass is 10.0. The van der Waals surface area contributed by atoms with Gasteiger partial charge >= 0.3 is 0 Å². The molecule has 1 N–H and O–H groups in total. The van der Waals surface area contributed by atoms with Gasteiger partial charge in [0.15, 0.2) is 5.65 Å². The largest absolute Gasteiger partial charge is 0.367 e. The molecule has 26 heavy (non-hydrogen) atoms. The maximum Gasteiger partial charge on any atom is 0.225 e. The molecule has 1 aromatic carbocycles. The Hall–Kier alpha value is -2.63. The molecular weight excluding hydrogens is 326 g/mol. The van der Waals surface area contributed by atoms with Gasteiger partial charge in [-0.25, -0.2) is 9.50 Å². The second-order valence-corrected chi connectivity index (χ2v) is 7.43. The maximum atomic E-state index is 12.2. The Balaban J connectivity index is 1.59. The maximum absolute atomic E-state index is 12.2. The molecule has 1 aliphatic heterocycles. The molecule has 3 heterocycles. The molecule has 6 heteroatoms. The van der Waals surface area contributed by atoms with Crippen molar-refractivity contribution in [2.75, 3.05) is 18.4 Å². The predicted octanol–water partition coefficient (Wildman–Crippen LogP) is 3.25. The summed E-state index contributed by atoms with van der Waals surface area (Å²) < 4.78 is 1.90. The molecule has 1 amide bonds. The van der Waals surface area contributed by atoms with Gasteiger partial charge in [0.2, 0.25) is 5.91 Å². The third kappa shape index (κ3) is 3.00. The van der Waals surface area contributed by atoms with E-state index in [4.69, 9.17) is 4.98 Å². The molecule has 136 valence electrons. The van der Waals surface area contributed by atoms with Crippen LogP contribution < -0.4 is 5.32 Å². The number of benzene rings is 1. The lowest BCUT2D eigenvalue weighted by Crippen LogP contribution is -2.44. The van der Waals surface area contributed by atoms with E-state index in [1.54, 1.807) is 0 Å². The van der Waals surface area contributed by atoms with Gasteiger partial charge in [-0.3, -0.25) is 4.79 Å². The minimum absolute atomic E-state index is 0.0673. The Morgan fingerprint density at radius 2 is 1.96 bits per heavy atom. The number of likely N-dealkylation sites (tertiary alicyclic amines) is 1. The highest BCUT2D eigenvalue weighted by Crippen LogP contribution is 2.26. The van der Waals surface area contributed by atoms with E-state index < -0.39 is 0 Å². The summed E-state index contributed by atoms with van der Waals surface area (Å²) in [6, 6.07) is 10.5. The van der Waals surface area contributed by atoms with E-state index in [0.717, 1.165) is 54.0 Å². The van der Waals surface area contributed by atoms with Crippen molar-refractivity contribution in [1.29, 1.82) is 0 Å². The molecule has 3 aromatic rings. The van der Waals surface area contributed by atoms with E-state index >= 15 is 0 Å². The molecule has 0 radical (unpaired) electrons. The minimum atomic E-state index is 0.0673. The standard InChI is InChI=1S/C20H25N5O/c1-13(2)20(26)24-10-8-15(9-11-24)21-19-16-6-4-5-7-17(16)25-18(22-19)12-14(3)23-25/h4-7,12-13,15H,8-11H2,1-3H3,(H,21,22). The fourth-order valence-corrected chi connectivity index (χ4v) is 3.69. The van der Waals surface area contributed by atoms with E-state index in [1.165, 1.54) is 0 Å². The zero-order chi connectivity index (χ0) is 18.3. The molecule has 1 fully saturated rings. The first-order valence-electron chi connectivity index (χ1n) is 9.33. The van der Waals surface area contributed by atoms with Gasteiger partial charge in [0.1, 0.15) is 5.82 Å². The van der Waals surface area contributed by atoms with E-state index in [9.17, 15) is 4.79 Å². The average Bonchev–Trinajstić information content (AvgIpc) is 3.02. The van der Waals surface area contributed by atoms with Crippen molar-refractivity contribution in [3.63, 3.8) is 0 Å². The Bertz CT molecular complexity index is 953. The van der Waals surface area contributed by atoms with Crippen LogP contribution in [0, 0.1) is 12.8 Å². The summed E-state index contributed by atoms with van der Waals surface area (Å²) in [5, 5.41) is 9.25. The minimum Gasteiger partial charge on any atom is -0.367 e. The first-order chi connectivity index (χ1) is 12.5. The topological polar surface area (TPSA) is 62.5 Å². The number of anilines is 1. The van der Waals surface area contributed by atoms with Crippen molar-refractivity contribution < 1.29 is 4.79 Å². The number of rotatable bonds is 3. The molecule has 4 rings (SSSR count). The van der Waals surface area contributed by atoms with Gasteiger partial charge in [0.05, 0.1) is 11.2 Å². The molecular formula is C20H25N5O. The number of piperidine rings is 1. The Morgan fingerprint density at radius 1 is 1.23 bits per heavy atom. The summed E-state index contributed by atoms with van der Waals surface area (Å²) >= 11 is 0. The number of carbonyl (C=O) groups excluding carboxylic acids is 1. The molecule has 0 saturated carbocycles. The summed E-state index contributed by atoms with van der Waals surface area (Å²) in [5.74, 6) is 1.22. The van der Waals surface area contributed by atoms with Crippen LogP contribution in [0.3, 0.4) is 0 Å². The lowest BCUT2D eigenvalue weighted by Gasteiger charge is -2.33. The highest BCUT2D eigenvalue weighted by molar-refractivity contribution is 5.91. The van der Waals surface area contributed by atoms with Crippen molar-refractivity contribution in [1.82, 2.24) is 19.5 Å². The summed E-state index contributed by atoms with van der Waals surface area (Å²) in [5.41, 5.74) is 2.87. The molecule has 0 aliphatic carbocycles. The Kier molecular flexibility index (Phi) is 4.26. The van der Waals surface area contributed by atoms with Gasteiger partial charge in [0.25, 0.3) is 0 Å². The highest BCUT2D eigenvalue weighted by Gasteiger charge is 2.25. The molecule has 0 unspecified atom stereocenters. The Labute approximate surface area is 153 Å². The zero-order valence-electron chi connectivity index (χ0n) is 15.6. The van der Waals surface area contributed by atoms with Gasteiger partial charge in [0, 0.05) is 36.5 Å². The van der Waals surface area contributed by atoms with Crippen molar-refractivity contribution in [3.8, 4) is 0 Å². The van der Waals surface area contributed by atoms with E-state index in [-0.39, 0.29) is 11.8 Å². The number of fused-ring (bicyclic) bond motifs is 3. The number of para-hydroxylation sites is 1. The number of hydrogen-bond acceptors (Lipinski definition) is 4. The first kappa shape index (κ1) is 16.8. The quantitative estimate of drug-likeness (QED) is 0.787. The fourth-order valence-electron chi connectivity index (χ4n) is 3.69. The number of hydrogen-bond donors (Lipinski definition) is 1. The van der Waals surface area contributed by atoms with Crippen LogP contribution in [-0.4, -0.2) is 44.5 Å². The highest BCUT2D eigenvalue weighted by atomic mass is 16.2. The van der Waals surface area contributed by atoms with Crippen LogP contribution in [0.5, 0.6) is 0 Å². The second-order valence-electron chi connectivity index (χ2n) is 7.43. The third-order valence-corrected chi connectivity index (χ3v) is 5.07. The van der Waals surface area contributed by atoms with Crippen molar-refractivity contribution in [2.24, 2.45) is 5.92 Å². The van der Waals surface area contributed by atoms with Crippen LogP contribution in [0.2, 0.25) is 0 Å². The van der Waals surface area contributed by atoms with Crippen molar-refractivity contribution >= 4 is 28.3 Å². The summed E-state index contributed by atoms with van der Waals surface area (Å²) in [7, 11) is 0. The van der Waals surface area contributed by atoms with E-state index in [1.807, 2.05) is 48.4 Å². The van der Waals surface area contributed by atoms with Crippen LogP contribution in [0.25, 0.3) is 16.6 Å². The van der Waals surface area contributed by atoms with Crippen LogP contribution in [0.15, 0.2) is 30.3 Å². The monoisotopic (exact) mass is 351 g/mol. The number of aromatic nitrogens is 3. The molecule has 0 spiro atoms. The van der Waals surface area contributed by atoms with Gasteiger partial charge < -0.3 is 10.2 Å². The van der Waals surface area contributed by atoms with E-state index in [0.29, 0.717) is 6.04 Å². The van der Waals surface area contributed by atoms with Crippen molar-refractivity contribution in [2.45, 2.75) is 39.7 Å². The number of nitrogens with one attached hydrogen (secondary N) is 1. The molecule has 2 aromatic heterocycles. The molecule has 0 bridgehead atoms. The zero-order valence-corrected chi connectivity index (χ0v) is 15.6. The molecule has 1 aliphatic rings. The van der Waals surface area contributed by atoms with E-state index in [2.05, 4.69) is 22.5 Å². The van der Waals surface area contributed by atoms with Crippen LogP contribution in [0.4, 0.5) is 5.82 Å². The van der Waals surface area contributed by atoms with Gasteiger partial charge in [-0.1, -0.05) is 26.0 Å². The fraction of sp³-hybridized carbons (Fsp3) is 0.450. The van der Waals surface area contributed by atoms with Gasteiger partial charge in [-0.05, 0) is 31.9 Å². The second kappa shape index (κ2) is 6.59. The number of nitrogens with zero attached hydrogens (tertiary/aromatic N) is 4. The molecule has 0 atom stereocenters. The van der Waals surface area contributed by atoms with Crippen LogP contribution in [0.1, 0.15) is 32.4 Å². The molecule has 1 saturated heterocycles. The predicted molar refractivity (Wildman–Crippen MR) is 103 cm³/mol. The third-order valence-electron chi connectivity index (χ3n) is 5.07. The smallest absolute Gasteiger partial charge is 0.225 e. The lowest BCUT2D eigenvalue weighted by molar-refractivity contribution is -0.135. The Morgan fingerprint density at radius 3 is 2.69 bits per heavy atom. The summed E-state index contributed by atoms with van der Waals surface area (Å²) in [6.07, 6.45) is 1.88. The van der Waals surface area contributed by atoms with Crippen molar-refractivity contribution in [3.05, 3.63) is 36.0 Å².